The van der Waals surface area contributed by atoms with Crippen molar-refractivity contribution in [3.05, 3.63) is 82.8 Å². The van der Waals surface area contributed by atoms with Gasteiger partial charge in [-0.1, -0.05) is 36.7 Å². The molecule has 4 aromatic rings. The Bertz CT molecular complexity index is 2180. The molecule has 0 saturated heterocycles. The van der Waals surface area contributed by atoms with Gasteiger partial charge in [0.25, 0.3) is 5.91 Å². The molecule has 8 rings (SSSR count). The molecule has 2 aromatic heterocycles. The molecule has 13 heteroatoms. The number of hydrogen-bond donors (Lipinski definition) is 1. The average molecular weight is 744 g/mol. The number of ether oxygens (including phenoxy) is 2. The van der Waals surface area contributed by atoms with E-state index in [1.54, 1.807) is 31.1 Å². The first-order valence-electron chi connectivity index (χ1n) is 18.3. The summed E-state index contributed by atoms with van der Waals surface area (Å²) in [6, 6.07) is 11.8. The van der Waals surface area contributed by atoms with Crippen LogP contribution in [-0.4, -0.2) is 68.0 Å². The molecule has 1 spiro atoms. The van der Waals surface area contributed by atoms with Gasteiger partial charge in [0.15, 0.2) is 11.5 Å². The van der Waals surface area contributed by atoms with Crippen molar-refractivity contribution in [2.75, 3.05) is 36.4 Å². The third-order valence-corrected chi connectivity index (χ3v) is 14.6. The van der Waals surface area contributed by atoms with Gasteiger partial charge in [-0.3, -0.25) is 14.2 Å². The van der Waals surface area contributed by atoms with E-state index in [1.807, 2.05) is 32.0 Å². The van der Waals surface area contributed by atoms with E-state index in [1.165, 1.54) is 17.5 Å². The van der Waals surface area contributed by atoms with Crippen LogP contribution in [0.4, 0.5) is 11.5 Å². The van der Waals surface area contributed by atoms with Crippen molar-refractivity contribution in [3.8, 4) is 5.75 Å². The molecule has 2 aliphatic heterocycles. The second-order valence-electron chi connectivity index (χ2n) is 15.2. The fourth-order valence-electron chi connectivity index (χ4n) is 8.66. The summed E-state index contributed by atoms with van der Waals surface area (Å²) in [6.45, 7) is 5.98. The van der Waals surface area contributed by atoms with Crippen LogP contribution in [0.15, 0.2) is 65.4 Å². The maximum absolute atomic E-state index is 15.1. The molecule has 2 bridgehead atoms. The number of hydrogen-bond acceptors (Lipinski definition) is 8. The summed E-state index contributed by atoms with van der Waals surface area (Å²) in [7, 11) is 0.148. The number of methoxy groups -OCH3 is 1. The van der Waals surface area contributed by atoms with Gasteiger partial charge in [0.05, 0.1) is 29.0 Å². The predicted molar refractivity (Wildman–Crippen MR) is 204 cm³/mol. The molecule has 4 aliphatic rings. The molecule has 0 radical (unpaired) electrons. The second kappa shape index (κ2) is 13.8. The Morgan fingerprint density at radius 2 is 2.00 bits per heavy atom. The van der Waals surface area contributed by atoms with E-state index in [9.17, 15) is 4.79 Å². The average Bonchev–Trinajstić information content (AvgIpc) is 3.44. The number of aromatic nitrogens is 4. The Morgan fingerprint density at radius 1 is 1.13 bits per heavy atom. The van der Waals surface area contributed by atoms with Gasteiger partial charge in [0, 0.05) is 49.4 Å². The van der Waals surface area contributed by atoms with E-state index in [4.69, 9.17) is 21.1 Å². The molecule has 11 nitrogen and oxygen atoms in total. The number of carbonyl (C=O) groups is 1. The molecular weight excluding hydrogens is 698 g/mol. The summed E-state index contributed by atoms with van der Waals surface area (Å²) >= 11 is 6.48. The molecule has 1 saturated carbocycles. The van der Waals surface area contributed by atoms with Crippen LogP contribution in [0.5, 0.6) is 5.75 Å². The third-order valence-electron chi connectivity index (χ3n) is 11.9. The number of allylic oxidation sites excluding steroid dienone is 1. The highest BCUT2D eigenvalue weighted by Crippen LogP contribution is 2.47. The summed E-state index contributed by atoms with van der Waals surface area (Å²) in [6.07, 6.45) is 13.3. The number of nitrogens with zero attached hydrogens (tertiary/aromatic N) is 6. The molecule has 1 fully saturated rings. The topological polar surface area (TPSA) is 124 Å². The molecule has 274 valence electrons. The molecule has 1 amide bonds. The number of carbonyl (C=O) groups excluding carboxylic acids is 1. The van der Waals surface area contributed by atoms with Crippen molar-refractivity contribution in [2.24, 2.45) is 29.2 Å². The highest BCUT2D eigenvalue weighted by molar-refractivity contribution is 7.95. The number of benzene rings is 2. The first kappa shape index (κ1) is 35.1. The monoisotopic (exact) mass is 743 g/mol. The molecule has 1 N–H and O–H groups in total. The van der Waals surface area contributed by atoms with Crippen LogP contribution in [0.25, 0.3) is 11.0 Å². The van der Waals surface area contributed by atoms with Crippen molar-refractivity contribution in [1.29, 1.82) is 0 Å². The Hall–Kier alpha value is -4.00. The van der Waals surface area contributed by atoms with Gasteiger partial charge in [0.2, 0.25) is 0 Å². The minimum absolute atomic E-state index is 0.0386. The van der Waals surface area contributed by atoms with E-state index in [2.05, 4.69) is 53.3 Å². The predicted octanol–water partition coefficient (Wildman–Crippen LogP) is 7.15. The quantitative estimate of drug-likeness (QED) is 0.220. The van der Waals surface area contributed by atoms with E-state index in [0.29, 0.717) is 47.3 Å². The zero-order chi connectivity index (χ0) is 36.2. The van der Waals surface area contributed by atoms with E-state index >= 15 is 4.21 Å². The zero-order valence-electron chi connectivity index (χ0n) is 30.1. The number of amides is 1. The van der Waals surface area contributed by atoms with Gasteiger partial charge >= 0.3 is 0 Å². The van der Waals surface area contributed by atoms with Crippen LogP contribution in [0.3, 0.4) is 0 Å². The third kappa shape index (κ3) is 6.36. The van der Waals surface area contributed by atoms with Gasteiger partial charge in [-0.05, 0) is 105 Å². The van der Waals surface area contributed by atoms with Gasteiger partial charge in [-0.25, -0.2) is 14.2 Å². The summed E-state index contributed by atoms with van der Waals surface area (Å²) < 4.78 is 37.2. The van der Waals surface area contributed by atoms with Crippen LogP contribution >= 0.6 is 11.6 Å². The minimum Gasteiger partial charge on any atom is -0.490 e. The number of rotatable bonds is 3. The van der Waals surface area contributed by atoms with Crippen LogP contribution in [0.1, 0.15) is 67.4 Å². The molecule has 1 unspecified atom stereocenters. The highest BCUT2D eigenvalue weighted by Gasteiger charge is 2.44. The summed E-state index contributed by atoms with van der Waals surface area (Å²) in [5, 5.41) is 5.20. The Kier molecular flexibility index (Phi) is 9.28. The molecule has 2 aliphatic carbocycles. The smallest absolute Gasteiger partial charge is 0.286 e. The lowest BCUT2D eigenvalue weighted by molar-refractivity contribution is 0.0131. The summed E-state index contributed by atoms with van der Waals surface area (Å²) in [5.41, 5.74) is 3.99. The van der Waals surface area contributed by atoms with Crippen molar-refractivity contribution < 1.29 is 18.5 Å². The molecule has 7 atom stereocenters. The van der Waals surface area contributed by atoms with Crippen LogP contribution < -0.4 is 14.4 Å². The first-order valence-corrected chi connectivity index (χ1v) is 20.2. The SMILES string of the molecule is CO[C@H]1/C=C/C[C@H](C)[C@@H](C)S(=O)(Nc2ncnc3nn(C)cc23)=NC(=O)c2ccc3c(c2)N(C[C@@H]2CC[C@H]21)C[C@@]1(CCCc2cc(Cl)ccc21)CO3. The van der Waals surface area contributed by atoms with Crippen LogP contribution in [0.2, 0.25) is 5.02 Å². The van der Waals surface area contributed by atoms with E-state index in [0.717, 1.165) is 61.7 Å². The van der Waals surface area contributed by atoms with Gasteiger partial charge in [-0.15, -0.1) is 4.36 Å². The van der Waals surface area contributed by atoms with E-state index in [-0.39, 0.29) is 17.4 Å². The number of halogens is 1. The largest absolute Gasteiger partial charge is 0.490 e. The number of nitrogens with one attached hydrogen (secondary N) is 1. The summed E-state index contributed by atoms with van der Waals surface area (Å²) in [4.78, 5) is 25.4. The standard InChI is InChI=1S/C39H46ClN7O4S/c1-24-7-5-9-34(50-4)30-13-10-28(30)19-47-21-39(16-6-8-26-17-29(40)12-14-32(26)39)22-51-35-15-11-27(18-33(35)47)38(48)45-52(49,25(24)2)44-37-31-20-46(3)43-36(31)41-23-42-37/h5,9,11-12,14-15,17-18,20,23-25,28,30,34H,6-8,10,13,16,19,21-22H2,1-4H3,(H,41,42,43,44,45,48,49)/b9-5+/t24-,25+,28-,30+,34-,39-,52?/m0/s1. The Balaban J connectivity index is 1.24. The summed E-state index contributed by atoms with van der Waals surface area (Å²) in [5.74, 6) is 1.15. The van der Waals surface area contributed by atoms with E-state index < -0.39 is 21.1 Å². The lowest BCUT2D eigenvalue weighted by Crippen LogP contribution is -2.49. The highest BCUT2D eigenvalue weighted by atomic mass is 35.5. The second-order valence-corrected chi connectivity index (χ2v) is 17.9. The van der Waals surface area contributed by atoms with Gasteiger partial charge in [-0.2, -0.15) is 5.10 Å². The van der Waals surface area contributed by atoms with Gasteiger partial charge < -0.3 is 14.4 Å². The van der Waals surface area contributed by atoms with Gasteiger partial charge in [0.1, 0.15) is 22.0 Å². The maximum atomic E-state index is 15.1. The Labute approximate surface area is 310 Å². The normalized spacial score (nSPS) is 31.1. The van der Waals surface area contributed by atoms with Crippen molar-refractivity contribution in [3.63, 3.8) is 0 Å². The maximum Gasteiger partial charge on any atom is 0.286 e. The number of anilines is 2. The number of fused-ring (bicyclic) bond motifs is 5. The van der Waals surface area contributed by atoms with Crippen LogP contribution in [-0.2, 0) is 33.5 Å². The Morgan fingerprint density at radius 3 is 2.81 bits per heavy atom. The molecule has 52 heavy (non-hydrogen) atoms. The molecule has 4 heterocycles. The zero-order valence-corrected chi connectivity index (χ0v) is 31.7. The van der Waals surface area contributed by atoms with Crippen LogP contribution in [0, 0.1) is 17.8 Å². The fraction of sp³-hybridized carbons (Fsp3) is 0.487. The van der Waals surface area contributed by atoms with Crippen molar-refractivity contribution in [1.82, 2.24) is 19.7 Å². The molecule has 2 aromatic carbocycles. The fourth-order valence-corrected chi connectivity index (χ4v) is 10.8. The van der Waals surface area contributed by atoms with Crippen molar-refractivity contribution >= 4 is 50.0 Å². The number of aryl methyl sites for hydroxylation is 2. The molecular formula is C39H46ClN7O4S. The lowest BCUT2D eigenvalue weighted by Gasteiger charge is -2.46. The van der Waals surface area contributed by atoms with Crippen molar-refractivity contribution in [2.45, 2.75) is 69.1 Å². The minimum atomic E-state index is -3.43. The first-order chi connectivity index (χ1) is 25.1. The lowest BCUT2D eigenvalue weighted by atomic mass is 9.68.